The summed E-state index contributed by atoms with van der Waals surface area (Å²) < 4.78 is 0. The molecule has 0 unspecified atom stereocenters. The monoisotopic (exact) mass is 610 g/mol. The van der Waals surface area contributed by atoms with Crippen molar-refractivity contribution >= 4 is 70.8 Å². The van der Waals surface area contributed by atoms with Gasteiger partial charge < -0.3 is 83.0 Å². The summed E-state index contributed by atoms with van der Waals surface area (Å²) in [5, 5.41) is 71.8. The smallest absolute Gasteiger partial charge is 0.548 e. The Morgan fingerprint density at radius 2 is 0.561 bits per heavy atom. The Hall–Kier alpha value is -3.63. The second-order valence-corrected chi connectivity index (χ2v) is 7.43. The first-order valence-electron chi connectivity index (χ1n) is 10.9. The van der Waals surface area contributed by atoms with E-state index in [4.69, 9.17) is 43.4 Å². The van der Waals surface area contributed by atoms with Gasteiger partial charge in [-0.05, 0) is 25.7 Å². The summed E-state index contributed by atoms with van der Waals surface area (Å²) in [6, 6.07) is -4.68. The number of hydrogen-bond acceptors (Lipinski definition) is 16. The molecule has 0 aromatic carbocycles. The minimum Gasteiger partial charge on any atom is -0.548 e. The van der Waals surface area contributed by atoms with Crippen molar-refractivity contribution in [2.75, 3.05) is 0 Å². The van der Waals surface area contributed by atoms with Crippen molar-refractivity contribution in [2.24, 2.45) is 22.9 Å². The molecule has 0 bridgehead atoms. The molecule has 0 rings (SSSR count). The molecule has 21 heteroatoms. The van der Waals surface area contributed by atoms with Crippen molar-refractivity contribution in [2.45, 2.75) is 75.5 Å². The summed E-state index contributed by atoms with van der Waals surface area (Å²) in [6.07, 6.45) is -1.31. The molecule has 0 spiro atoms. The molecule has 0 radical (unpaired) electrons. The van der Waals surface area contributed by atoms with Crippen molar-refractivity contribution in [3.8, 4) is 0 Å². The number of carboxylic acid groups (broad SMARTS) is 8. The predicted octanol–water partition coefficient (Wildman–Crippen LogP) is -8.44. The zero-order chi connectivity index (χ0) is 32.6. The van der Waals surface area contributed by atoms with Gasteiger partial charge in [-0.25, -0.2) is 0 Å². The van der Waals surface area contributed by atoms with Crippen molar-refractivity contribution < 1.29 is 82.1 Å². The van der Waals surface area contributed by atoms with Crippen LogP contribution in [0.15, 0.2) is 0 Å². The van der Waals surface area contributed by atoms with Crippen LogP contribution in [0.5, 0.6) is 0 Å². The number of carbonyl (C=O) groups is 8. The minimum absolute atomic E-state index is 0. The van der Waals surface area contributed by atoms with Crippen LogP contribution in [0.3, 0.4) is 0 Å². The maximum Gasteiger partial charge on any atom is 2.00 e. The van der Waals surface area contributed by atoms with Gasteiger partial charge in [0.05, 0.1) is 23.9 Å². The van der Waals surface area contributed by atoms with Crippen LogP contribution in [-0.2, 0) is 38.4 Å². The van der Waals surface area contributed by atoms with Gasteiger partial charge in [-0.1, -0.05) is 0 Å². The average Bonchev–Trinajstić information content (AvgIpc) is 2.83. The second kappa shape index (κ2) is 27.9. The number of rotatable bonds is 16. The van der Waals surface area contributed by atoms with Gasteiger partial charge in [0.2, 0.25) is 0 Å². The molecule has 4 atom stereocenters. The Balaban J connectivity index is -0.0000000785. The summed E-state index contributed by atoms with van der Waals surface area (Å²) in [5.41, 5.74) is 19.8. The maximum absolute atomic E-state index is 9.88. The maximum atomic E-state index is 9.88. The Kier molecular flexibility index (Phi) is 32.1. The Morgan fingerprint density at radius 1 is 0.439 bits per heavy atom. The fourth-order valence-corrected chi connectivity index (χ4v) is 1.59. The van der Waals surface area contributed by atoms with E-state index in [2.05, 4.69) is 0 Å². The predicted molar refractivity (Wildman–Crippen MR) is 127 cm³/mol. The standard InChI is InChI=1S/4C5H9NO4.Mg/c4*6-3(5(9)10)1-2-4(7)8;/h4*3H,1-2,6H2,(H,7,8)(H,9,10);/q;;;;+2/p-2/t4*3-;/m0000./s1. The van der Waals surface area contributed by atoms with E-state index in [0.29, 0.717) is 0 Å². The second-order valence-electron chi connectivity index (χ2n) is 7.43. The topological polar surface area (TPSA) is 414 Å². The minimum atomic E-state index is -1.42. The number of carbonyl (C=O) groups excluding carboxylic acids is 4. The Morgan fingerprint density at radius 3 is 0.634 bits per heavy atom. The first-order valence-corrected chi connectivity index (χ1v) is 10.9. The molecule has 0 aliphatic rings. The largest absolute Gasteiger partial charge is 2.00 e. The number of hydrogen-bond donors (Lipinski definition) is 8. The van der Waals surface area contributed by atoms with Crippen LogP contribution in [0, 0.1) is 0 Å². The SMILES string of the molecule is N[C@@H](CCC(=O)O)C(=O)[O-].N[C@@H](CCC(=O)O)C(=O)[O-].N[C@@H](CCC(=O)O)C(=O)[O-].N[C@@H](CCC(=O)O)C(=O)[O-].[H+].[H+].[Mg+2]. The van der Waals surface area contributed by atoms with E-state index >= 15 is 0 Å². The third-order valence-corrected chi connectivity index (χ3v) is 3.89. The normalized spacial score (nSPS) is 12.2. The third-order valence-electron chi connectivity index (χ3n) is 3.89. The third kappa shape index (κ3) is 41.0. The summed E-state index contributed by atoms with van der Waals surface area (Å²) in [4.78, 5) is 79.0. The van der Waals surface area contributed by atoms with Gasteiger partial charge in [-0.3, -0.25) is 19.2 Å². The van der Waals surface area contributed by atoms with E-state index < -0.39 is 71.9 Å². The molecule has 0 saturated heterocycles. The van der Waals surface area contributed by atoms with Gasteiger partial charge in [-0.2, -0.15) is 0 Å². The molecule has 0 aromatic heterocycles. The van der Waals surface area contributed by atoms with Crippen molar-refractivity contribution in [3.63, 3.8) is 0 Å². The van der Waals surface area contributed by atoms with Crippen LogP contribution in [0.25, 0.3) is 0 Å². The summed E-state index contributed by atoms with van der Waals surface area (Å²) in [6.45, 7) is 0. The molecule has 0 aromatic rings. The molecule has 0 fully saturated rings. The van der Waals surface area contributed by atoms with Gasteiger partial charge in [0.25, 0.3) is 0 Å². The van der Waals surface area contributed by atoms with E-state index in [1.165, 1.54) is 0 Å². The molecule has 41 heavy (non-hydrogen) atoms. The van der Waals surface area contributed by atoms with Crippen molar-refractivity contribution in [3.05, 3.63) is 0 Å². The molecule has 12 N–H and O–H groups in total. The summed E-state index contributed by atoms with van der Waals surface area (Å²) in [7, 11) is 0. The molecule has 0 heterocycles. The van der Waals surface area contributed by atoms with E-state index in [1.54, 1.807) is 0 Å². The van der Waals surface area contributed by atoms with Crippen LogP contribution in [-0.4, -0.2) is 115 Å². The van der Waals surface area contributed by atoms with Crippen LogP contribution < -0.4 is 43.4 Å². The van der Waals surface area contributed by atoms with Gasteiger partial charge in [0, 0.05) is 49.9 Å². The molecule has 0 saturated carbocycles. The molecule has 232 valence electrons. The molecule has 0 aliphatic heterocycles. The zero-order valence-electron chi connectivity index (χ0n) is 23.7. The van der Waals surface area contributed by atoms with E-state index in [-0.39, 0.29) is 77.3 Å². The fourth-order valence-electron chi connectivity index (χ4n) is 1.59. The quantitative estimate of drug-likeness (QED) is 0.0751. The van der Waals surface area contributed by atoms with E-state index in [1.807, 2.05) is 0 Å². The van der Waals surface area contributed by atoms with Gasteiger partial charge in [-0.15, -0.1) is 0 Å². The van der Waals surface area contributed by atoms with Crippen molar-refractivity contribution in [1.29, 1.82) is 0 Å². The fraction of sp³-hybridized carbons (Fsp3) is 0.600. The summed E-state index contributed by atoms with van der Waals surface area (Å²) in [5.74, 6) is -9.90. The first kappa shape index (κ1) is 47.2. The molecule has 0 aliphatic carbocycles. The zero-order valence-corrected chi connectivity index (χ0v) is 23.1. The average molecular weight is 611 g/mol. The van der Waals surface area contributed by atoms with Gasteiger partial charge in [0.1, 0.15) is 0 Å². The number of aliphatic carboxylic acids is 8. The van der Waals surface area contributed by atoms with E-state index in [9.17, 15) is 58.8 Å². The van der Waals surface area contributed by atoms with Gasteiger partial charge in [0.15, 0.2) is 0 Å². The van der Waals surface area contributed by atoms with Crippen LogP contribution in [0.2, 0.25) is 0 Å². The first-order chi connectivity index (χ1) is 18.1. The molecule has 0 amide bonds. The Bertz CT molecular complexity index is 733. The number of carboxylic acids is 8. The van der Waals surface area contributed by atoms with Crippen LogP contribution in [0.4, 0.5) is 0 Å². The molecular formula is C20H34MgN4O16. The Labute approximate surface area is 251 Å². The summed E-state index contributed by atoms with van der Waals surface area (Å²) >= 11 is 0. The van der Waals surface area contributed by atoms with Crippen LogP contribution in [0.1, 0.15) is 54.2 Å². The van der Waals surface area contributed by atoms with Crippen LogP contribution >= 0.6 is 0 Å². The molecular weight excluding hydrogens is 577 g/mol. The number of nitrogens with two attached hydrogens (primary N) is 4. The van der Waals surface area contributed by atoms with E-state index in [0.717, 1.165) is 0 Å². The molecule has 20 nitrogen and oxygen atoms in total. The van der Waals surface area contributed by atoms with Crippen molar-refractivity contribution in [1.82, 2.24) is 0 Å². The van der Waals surface area contributed by atoms with Gasteiger partial charge >= 0.3 is 49.8 Å².